The number of methoxy groups -OCH3 is 1. The molecule has 14 heavy (non-hydrogen) atoms. The molecular formula is C10H20O4. The Labute approximate surface area is 85.3 Å². The van der Waals surface area contributed by atoms with E-state index in [-0.39, 0.29) is 18.4 Å². The van der Waals surface area contributed by atoms with Crippen LogP contribution in [0.2, 0.25) is 0 Å². The van der Waals surface area contributed by atoms with Crippen LogP contribution < -0.4 is 0 Å². The maximum atomic E-state index is 10.0. The highest BCUT2D eigenvalue weighted by Gasteiger charge is 2.08. The van der Waals surface area contributed by atoms with E-state index in [4.69, 9.17) is 9.84 Å². The molecule has 0 radical (unpaired) electrons. The van der Waals surface area contributed by atoms with Crippen LogP contribution in [0.25, 0.3) is 0 Å². The van der Waals surface area contributed by atoms with Crippen molar-refractivity contribution in [3.8, 4) is 0 Å². The Bertz CT molecular complexity index is 150. The van der Waals surface area contributed by atoms with Crippen LogP contribution in [0.4, 0.5) is 0 Å². The van der Waals surface area contributed by atoms with Gasteiger partial charge in [0.25, 0.3) is 0 Å². The standard InChI is InChI=1S/C6H12O3.C4H8O/c1-3-5(9-2)4-6(7)8;1-4(2)3-5/h5H,3-4H2,1-2H3,(H,7,8);3-4H,1-2H3. The van der Waals surface area contributed by atoms with Crippen molar-refractivity contribution >= 4 is 12.3 Å². The lowest BCUT2D eigenvalue weighted by molar-refractivity contribution is -0.139. The number of ether oxygens (including phenoxy) is 1. The summed E-state index contributed by atoms with van der Waals surface area (Å²) >= 11 is 0. The van der Waals surface area contributed by atoms with E-state index in [0.29, 0.717) is 0 Å². The van der Waals surface area contributed by atoms with Crippen LogP contribution in [0.1, 0.15) is 33.6 Å². The number of hydrogen-bond acceptors (Lipinski definition) is 3. The highest BCUT2D eigenvalue weighted by Crippen LogP contribution is 2.00. The number of rotatable bonds is 5. The van der Waals surface area contributed by atoms with E-state index in [2.05, 4.69) is 0 Å². The molecule has 0 aromatic heterocycles. The summed E-state index contributed by atoms with van der Waals surface area (Å²) in [7, 11) is 1.52. The van der Waals surface area contributed by atoms with Crippen molar-refractivity contribution in [2.45, 2.75) is 39.7 Å². The summed E-state index contributed by atoms with van der Waals surface area (Å²) in [5, 5.41) is 8.27. The first-order valence-electron chi connectivity index (χ1n) is 4.67. The summed E-state index contributed by atoms with van der Waals surface area (Å²) in [6.07, 6.45) is 1.65. The van der Waals surface area contributed by atoms with Crippen LogP contribution in [0.3, 0.4) is 0 Å². The van der Waals surface area contributed by atoms with Gasteiger partial charge in [0.2, 0.25) is 0 Å². The predicted octanol–water partition coefficient (Wildman–Crippen LogP) is 1.73. The van der Waals surface area contributed by atoms with Crippen LogP contribution in [0.5, 0.6) is 0 Å². The van der Waals surface area contributed by atoms with Gasteiger partial charge in [0, 0.05) is 13.0 Å². The molecule has 0 bridgehead atoms. The second kappa shape index (κ2) is 10.2. The van der Waals surface area contributed by atoms with E-state index in [1.165, 1.54) is 7.11 Å². The first-order chi connectivity index (χ1) is 6.47. The van der Waals surface area contributed by atoms with Gasteiger partial charge in [0.1, 0.15) is 6.29 Å². The van der Waals surface area contributed by atoms with E-state index in [1.54, 1.807) is 0 Å². The third-order valence-corrected chi connectivity index (χ3v) is 1.46. The molecule has 4 nitrogen and oxygen atoms in total. The third kappa shape index (κ3) is 13.7. The van der Waals surface area contributed by atoms with Crippen LogP contribution >= 0.6 is 0 Å². The molecule has 84 valence electrons. The Balaban J connectivity index is 0. The number of aldehydes is 1. The number of aliphatic carboxylic acids is 1. The van der Waals surface area contributed by atoms with Gasteiger partial charge in [0.05, 0.1) is 12.5 Å². The van der Waals surface area contributed by atoms with E-state index >= 15 is 0 Å². The molecule has 0 aliphatic rings. The predicted molar refractivity (Wildman–Crippen MR) is 54.2 cm³/mol. The van der Waals surface area contributed by atoms with Gasteiger partial charge in [-0.2, -0.15) is 0 Å². The molecule has 0 saturated carbocycles. The average Bonchev–Trinajstić information content (AvgIpc) is 2.14. The molecule has 0 amide bonds. The molecule has 1 unspecified atom stereocenters. The first kappa shape index (κ1) is 15.6. The lowest BCUT2D eigenvalue weighted by Gasteiger charge is -2.07. The van der Waals surface area contributed by atoms with Gasteiger partial charge in [-0.25, -0.2) is 0 Å². The van der Waals surface area contributed by atoms with Gasteiger partial charge in [-0.05, 0) is 6.42 Å². The number of carbonyl (C=O) groups is 2. The summed E-state index contributed by atoms with van der Waals surface area (Å²) in [5.41, 5.74) is 0. The van der Waals surface area contributed by atoms with Crippen molar-refractivity contribution in [2.24, 2.45) is 5.92 Å². The van der Waals surface area contributed by atoms with Crippen LogP contribution in [0.15, 0.2) is 0 Å². The van der Waals surface area contributed by atoms with E-state index in [0.717, 1.165) is 12.7 Å². The second-order valence-corrected chi connectivity index (χ2v) is 3.24. The smallest absolute Gasteiger partial charge is 0.305 e. The van der Waals surface area contributed by atoms with Gasteiger partial charge in [0.15, 0.2) is 0 Å². The van der Waals surface area contributed by atoms with E-state index in [1.807, 2.05) is 20.8 Å². The maximum Gasteiger partial charge on any atom is 0.305 e. The fourth-order valence-corrected chi connectivity index (χ4v) is 0.589. The number of hydrogen-bond donors (Lipinski definition) is 1. The van der Waals surface area contributed by atoms with Gasteiger partial charge < -0.3 is 14.6 Å². The molecule has 0 aliphatic carbocycles. The lowest BCUT2D eigenvalue weighted by Crippen LogP contribution is -2.14. The van der Waals surface area contributed by atoms with Crippen LogP contribution in [-0.2, 0) is 14.3 Å². The van der Waals surface area contributed by atoms with Crippen molar-refractivity contribution < 1.29 is 19.4 Å². The summed E-state index contributed by atoms with van der Waals surface area (Å²) in [6.45, 7) is 5.61. The second-order valence-electron chi connectivity index (χ2n) is 3.24. The topological polar surface area (TPSA) is 63.6 Å². The molecule has 0 aromatic rings. The van der Waals surface area contributed by atoms with Gasteiger partial charge >= 0.3 is 5.97 Å². The SMILES string of the molecule is CC(C)C=O.CCC(CC(=O)O)OC. The fraction of sp³-hybridized carbons (Fsp3) is 0.800. The quantitative estimate of drug-likeness (QED) is 0.693. The van der Waals surface area contributed by atoms with Gasteiger partial charge in [-0.1, -0.05) is 20.8 Å². The Morgan fingerprint density at radius 1 is 1.50 bits per heavy atom. The van der Waals surface area contributed by atoms with Crippen molar-refractivity contribution in [1.29, 1.82) is 0 Å². The Kier molecular flexibility index (Phi) is 11.3. The zero-order valence-electron chi connectivity index (χ0n) is 9.32. The zero-order chi connectivity index (χ0) is 11.6. The van der Waals surface area contributed by atoms with Crippen molar-refractivity contribution in [2.75, 3.05) is 7.11 Å². The van der Waals surface area contributed by atoms with Crippen molar-refractivity contribution in [1.82, 2.24) is 0 Å². The summed E-state index contributed by atoms with van der Waals surface area (Å²) in [5.74, 6) is -0.598. The molecule has 0 fully saturated rings. The minimum Gasteiger partial charge on any atom is -0.481 e. The molecular weight excluding hydrogens is 184 g/mol. The minimum absolute atomic E-state index is 0.104. The molecule has 1 atom stereocenters. The van der Waals surface area contributed by atoms with Crippen LogP contribution in [-0.4, -0.2) is 30.6 Å². The number of carboxylic acid groups (broad SMARTS) is 1. The molecule has 4 heteroatoms. The number of carboxylic acids is 1. The monoisotopic (exact) mass is 204 g/mol. The molecule has 0 aliphatic heterocycles. The van der Waals surface area contributed by atoms with Crippen molar-refractivity contribution in [3.05, 3.63) is 0 Å². The molecule has 0 heterocycles. The maximum absolute atomic E-state index is 10.0. The Hall–Kier alpha value is -0.900. The number of carbonyl (C=O) groups excluding carboxylic acids is 1. The van der Waals surface area contributed by atoms with Crippen LogP contribution in [0, 0.1) is 5.92 Å². The minimum atomic E-state index is -0.802. The van der Waals surface area contributed by atoms with Gasteiger partial charge in [-0.15, -0.1) is 0 Å². The zero-order valence-corrected chi connectivity index (χ0v) is 9.32. The highest BCUT2D eigenvalue weighted by atomic mass is 16.5. The average molecular weight is 204 g/mol. The molecule has 0 aromatic carbocycles. The Morgan fingerprint density at radius 2 is 1.93 bits per heavy atom. The van der Waals surface area contributed by atoms with Gasteiger partial charge in [-0.3, -0.25) is 4.79 Å². The Morgan fingerprint density at radius 3 is 2.00 bits per heavy atom. The molecule has 1 N–H and O–H groups in total. The summed E-state index contributed by atoms with van der Waals surface area (Å²) in [4.78, 5) is 19.6. The summed E-state index contributed by atoms with van der Waals surface area (Å²) in [6, 6.07) is 0. The summed E-state index contributed by atoms with van der Waals surface area (Å²) < 4.78 is 4.83. The highest BCUT2D eigenvalue weighted by molar-refractivity contribution is 5.67. The largest absolute Gasteiger partial charge is 0.481 e. The fourth-order valence-electron chi connectivity index (χ4n) is 0.589. The molecule has 0 spiro atoms. The lowest BCUT2D eigenvalue weighted by atomic mass is 10.2. The van der Waals surface area contributed by atoms with Crippen molar-refractivity contribution in [3.63, 3.8) is 0 Å². The van der Waals surface area contributed by atoms with E-state index in [9.17, 15) is 9.59 Å². The first-order valence-corrected chi connectivity index (χ1v) is 4.67. The normalized spacial score (nSPS) is 11.5. The third-order valence-electron chi connectivity index (χ3n) is 1.46. The van der Waals surface area contributed by atoms with E-state index < -0.39 is 5.97 Å². The molecule has 0 rings (SSSR count). The molecule has 0 saturated heterocycles.